The van der Waals surface area contributed by atoms with E-state index in [-0.39, 0.29) is 12.6 Å². The third kappa shape index (κ3) is 4.22. The summed E-state index contributed by atoms with van der Waals surface area (Å²) in [7, 11) is 0. The van der Waals surface area contributed by atoms with E-state index in [9.17, 15) is 18.0 Å². The predicted molar refractivity (Wildman–Crippen MR) is 71.9 cm³/mol. The van der Waals surface area contributed by atoms with E-state index in [1.165, 1.54) is 0 Å². The second kappa shape index (κ2) is 6.17. The summed E-state index contributed by atoms with van der Waals surface area (Å²) in [6.07, 6.45) is -3.94. The zero-order valence-corrected chi connectivity index (χ0v) is 12.0. The predicted octanol–water partition coefficient (Wildman–Crippen LogP) is 3.21. The van der Waals surface area contributed by atoms with Gasteiger partial charge in [-0.25, -0.2) is 4.98 Å². The van der Waals surface area contributed by atoms with Gasteiger partial charge in [-0.15, -0.1) is 0 Å². The van der Waals surface area contributed by atoms with E-state index in [2.05, 4.69) is 26.2 Å². The SMILES string of the molecule is O=C(COc1ccccc1Br)Nc1ncc(C(F)(F)F)[nH]1. The number of halogens is 4. The highest BCUT2D eigenvalue weighted by Crippen LogP contribution is 2.28. The van der Waals surface area contributed by atoms with Crippen LogP contribution >= 0.6 is 15.9 Å². The van der Waals surface area contributed by atoms with Gasteiger partial charge in [0.25, 0.3) is 5.91 Å². The summed E-state index contributed by atoms with van der Waals surface area (Å²) in [6, 6.07) is 6.88. The molecule has 1 amide bonds. The van der Waals surface area contributed by atoms with Gasteiger partial charge in [0.05, 0.1) is 10.7 Å². The van der Waals surface area contributed by atoms with Gasteiger partial charge in [-0.3, -0.25) is 10.1 Å². The Kier molecular flexibility index (Phi) is 4.51. The van der Waals surface area contributed by atoms with Gasteiger partial charge in [0.2, 0.25) is 5.95 Å². The zero-order chi connectivity index (χ0) is 15.5. The van der Waals surface area contributed by atoms with Crippen molar-refractivity contribution in [3.63, 3.8) is 0 Å². The van der Waals surface area contributed by atoms with Crippen LogP contribution in [0.4, 0.5) is 19.1 Å². The number of carbonyl (C=O) groups excluding carboxylic acids is 1. The molecule has 0 aliphatic carbocycles. The van der Waals surface area contributed by atoms with E-state index in [4.69, 9.17) is 4.74 Å². The Balaban J connectivity index is 1.90. The molecular weight excluding hydrogens is 355 g/mol. The van der Waals surface area contributed by atoms with Gasteiger partial charge < -0.3 is 9.72 Å². The Morgan fingerprint density at radius 3 is 2.71 bits per heavy atom. The van der Waals surface area contributed by atoms with Crippen LogP contribution in [0.15, 0.2) is 34.9 Å². The number of amides is 1. The van der Waals surface area contributed by atoms with Crippen molar-refractivity contribution in [3.8, 4) is 5.75 Å². The van der Waals surface area contributed by atoms with Crippen molar-refractivity contribution in [2.24, 2.45) is 0 Å². The molecule has 1 heterocycles. The number of ether oxygens (including phenoxy) is 1. The minimum absolute atomic E-state index is 0.289. The Morgan fingerprint density at radius 1 is 1.38 bits per heavy atom. The van der Waals surface area contributed by atoms with Crippen molar-refractivity contribution < 1.29 is 22.7 Å². The molecule has 0 bridgehead atoms. The number of benzene rings is 1. The molecule has 0 radical (unpaired) electrons. The third-order valence-electron chi connectivity index (χ3n) is 2.33. The molecule has 2 aromatic rings. The number of imidazole rings is 1. The molecule has 0 unspecified atom stereocenters. The number of aromatic amines is 1. The summed E-state index contributed by atoms with van der Waals surface area (Å²) in [6.45, 7) is -0.356. The summed E-state index contributed by atoms with van der Waals surface area (Å²) in [5.74, 6) is -0.472. The number of nitrogens with one attached hydrogen (secondary N) is 2. The summed E-state index contributed by atoms with van der Waals surface area (Å²) in [4.78, 5) is 16.9. The van der Waals surface area contributed by atoms with E-state index in [1.54, 1.807) is 24.3 Å². The number of hydrogen-bond donors (Lipinski definition) is 2. The van der Waals surface area contributed by atoms with Crippen LogP contribution < -0.4 is 10.1 Å². The molecule has 2 rings (SSSR count). The number of aromatic nitrogens is 2. The molecular formula is C12H9BrF3N3O2. The van der Waals surface area contributed by atoms with E-state index in [1.807, 2.05) is 4.98 Å². The van der Waals surface area contributed by atoms with E-state index in [0.717, 1.165) is 0 Å². The number of alkyl halides is 3. The van der Waals surface area contributed by atoms with Gasteiger partial charge in [-0.2, -0.15) is 13.2 Å². The average molecular weight is 364 g/mol. The van der Waals surface area contributed by atoms with Crippen molar-refractivity contribution in [1.29, 1.82) is 0 Å². The van der Waals surface area contributed by atoms with Crippen LogP contribution in [0.3, 0.4) is 0 Å². The van der Waals surface area contributed by atoms with Gasteiger partial charge in [0.1, 0.15) is 11.4 Å². The summed E-state index contributed by atoms with van der Waals surface area (Å²) < 4.78 is 42.9. The second-order valence-corrected chi connectivity index (χ2v) is 4.76. The van der Waals surface area contributed by atoms with E-state index in [0.29, 0.717) is 16.4 Å². The van der Waals surface area contributed by atoms with Crippen LogP contribution in [0.5, 0.6) is 5.75 Å². The normalized spacial score (nSPS) is 11.2. The smallest absolute Gasteiger partial charge is 0.432 e. The fourth-order valence-electron chi connectivity index (χ4n) is 1.40. The molecule has 21 heavy (non-hydrogen) atoms. The fourth-order valence-corrected chi connectivity index (χ4v) is 1.80. The summed E-state index contributed by atoms with van der Waals surface area (Å²) in [5, 5.41) is 2.18. The van der Waals surface area contributed by atoms with E-state index < -0.39 is 17.8 Å². The Labute approximate surface area is 125 Å². The molecule has 0 saturated heterocycles. The minimum Gasteiger partial charge on any atom is -0.483 e. The van der Waals surface area contributed by atoms with Crippen molar-refractivity contribution in [3.05, 3.63) is 40.6 Å². The van der Waals surface area contributed by atoms with Gasteiger partial charge in [0, 0.05) is 0 Å². The van der Waals surface area contributed by atoms with Crippen molar-refractivity contribution in [2.45, 2.75) is 6.18 Å². The van der Waals surface area contributed by atoms with Crippen LogP contribution in [-0.2, 0) is 11.0 Å². The summed E-state index contributed by atoms with van der Waals surface area (Å²) in [5.41, 5.74) is -1.04. The lowest BCUT2D eigenvalue weighted by Gasteiger charge is -2.07. The van der Waals surface area contributed by atoms with Crippen LogP contribution in [0.2, 0.25) is 0 Å². The first-order valence-electron chi connectivity index (χ1n) is 5.65. The molecule has 1 aromatic heterocycles. The molecule has 0 fully saturated rings. The first kappa shape index (κ1) is 15.4. The number of rotatable bonds is 4. The van der Waals surface area contributed by atoms with Crippen LogP contribution in [-0.4, -0.2) is 22.5 Å². The number of para-hydroxylation sites is 1. The third-order valence-corrected chi connectivity index (χ3v) is 2.99. The van der Waals surface area contributed by atoms with Crippen molar-refractivity contribution in [1.82, 2.24) is 9.97 Å². The van der Waals surface area contributed by atoms with Crippen molar-refractivity contribution >= 4 is 27.8 Å². The molecule has 2 N–H and O–H groups in total. The van der Waals surface area contributed by atoms with Crippen molar-refractivity contribution in [2.75, 3.05) is 11.9 Å². The van der Waals surface area contributed by atoms with E-state index >= 15 is 0 Å². The monoisotopic (exact) mass is 363 g/mol. The number of H-pyrrole nitrogens is 1. The van der Waals surface area contributed by atoms with Crippen LogP contribution in [0.1, 0.15) is 5.69 Å². The zero-order valence-electron chi connectivity index (χ0n) is 10.4. The molecule has 112 valence electrons. The molecule has 0 atom stereocenters. The highest BCUT2D eigenvalue weighted by Gasteiger charge is 2.33. The second-order valence-electron chi connectivity index (χ2n) is 3.91. The number of hydrogen-bond acceptors (Lipinski definition) is 3. The Bertz CT molecular complexity index is 643. The lowest BCUT2D eigenvalue weighted by molar-refractivity contribution is -0.140. The summed E-state index contributed by atoms with van der Waals surface area (Å²) >= 11 is 3.24. The topological polar surface area (TPSA) is 67.0 Å². The highest BCUT2D eigenvalue weighted by atomic mass is 79.9. The van der Waals surface area contributed by atoms with Crippen LogP contribution in [0.25, 0.3) is 0 Å². The highest BCUT2D eigenvalue weighted by molar-refractivity contribution is 9.10. The van der Waals surface area contributed by atoms with Gasteiger partial charge in [0.15, 0.2) is 6.61 Å². The minimum atomic E-state index is -4.54. The fraction of sp³-hybridized carbons (Fsp3) is 0.167. The average Bonchev–Trinajstić information content (AvgIpc) is 2.86. The number of anilines is 1. The molecule has 0 spiro atoms. The maximum absolute atomic E-state index is 12.3. The van der Waals surface area contributed by atoms with Gasteiger partial charge in [-0.05, 0) is 28.1 Å². The number of nitrogens with zero attached hydrogens (tertiary/aromatic N) is 1. The quantitative estimate of drug-likeness (QED) is 0.876. The Hall–Kier alpha value is -2.03. The lowest BCUT2D eigenvalue weighted by atomic mass is 10.3. The molecule has 0 aliphatic heterocycles. The van der Waals surface area contributed by atoms with Gasteiger partial charge in [-0.1, -0.05) is 12.1 Å². The standard InChI is InChI=1S/C12H9BrF3N3O2/c13-7-3-1-2-4-8(7)21-6-10(20)19-11-17-5-9(18-11)12(14,15)16/h1-5H,6H2,(H2,17,18,19,20). The number of carbonyl (C=O) groups is 1. The van der Waals surface area contributed by atoms with Gasteiger partial charge >= 0.3 is 6.18 Å². The molecule has 9 heteroatoms. The molecule has 0 aliphatic rings. The lowest BCUT2D eigenvalue weighted by Crippen LogP contribution is -2.21. The first-order chi connectivity index (χ1) is 9.86. The van der Waals surface area contributed by atoms with Crippen LogP contribution in [0, 0.1) is 0 Å². The molecule has 0 saturated carbocycles. The maximum atomic E-state index is 12.3. The largest absolute Gasteiger partial charge is 0.483 e. The Morgan fingerprint density at radius 2 is 2.10 bits per heavy atom. The maximum Gasteiger partial charge on any atom is 0.432 e. The first-order valence-corrected chi connectivity index (χ1v) is 6.45. The molecule has 1 aromatic carbocycles. The molecule has 5 nitrogen and oxygen atoms in total.